The molecular weight excluding hydrogens is 909 g/mol. The van der Waals surface area contributed by atoms with Gasteiger partial charge in [0.1, 0.15) is 54.9 Å². The van der Waals surface area contributed by atoms with Gasteiger partial charge in [-0.3, -0.25) is 4.79 Å². The van der Waals surface area contributed by atoms with Crippen molar-refractivity contribution in [2.75, 3.05) is 33.0 Å². The van der Waals surface area contributed by atoms with E-state index in [1.54, 1.807) is 0 Å². The van der Waals surface area contributed by atoms with Crippen LogP contribution < -0.4 is 0 Å². The SMILES string of the molecule is CC/C=C\C/C=C\C/C=C\C/C=C\C/C=C\C/C=C\CCCCCCCCC(=O)OC(COCCCCCCCC/C=C\CCCC)COC1OC(COC2OC(CO)C(O)C(O)C2O)C(O)C(O)C1O. The van der Waals surface area contributed by atoms with Gasteiger partial charge in [0.15, 0.2) is 12.6 Å². The molecule has 2 heterocycles. The Labute approximate surface area is 427 Å². The first-order valence-electron chi connectivity index (χ1n) is 27.2. The second-order valence-electron chi connectivity index (χ2n) is 18.7. The van der Waals surface area contributed by atoms with E-state index in [4.69, 9.17) is 28.4 Å². The third kappa shape index (κ3) is 30.8. The van der Waals surface area contributed by atoms with Crippen LogP contribution in [0.1, 0.15) is 168 Å². The summed E-state index contributed by atoms with van der Waals surface area (Å²) in [6.07, 6.45) is 39.3. The van der Waals surface area contributed by atoms with Crippen molar-refractivity contribution in [1.82, 2.24) is 0 Å². The van der Waals surface area contributed by atoms with E-state index in [9.17, 15) is 40.5 Å². The van der Waals surface area contributed by atoms with E-state index in [2.05, 4.69) is 98.9 Å². The lowest BCUT2D eigenvalue weighted by atomic mass is 9.98. The Morgan fingerprint density at radius 1 is 0.479 bits per heavy atom. The van der Waals surface area contributed by atoms with Gasteiger partial charge in [0, 0.05) is 13.0 Å². The van der Waals surface area contributed by atoms with Crippen LogP contribution in [0, 0.1) is 0 Å². The summed E-state index contributed by atoms with van der Waals surface area (Å²) in [5.74, 6) is -0.397. The Morgan fingerprint density at radius 3 is 1.45 bits per heavy atom. The van der Waals surface area contributed by atoms with Crippen molar-refractivity contribution in [2.45, 2.75) is 235 Å². The molecule has 0 aromatic carbocycles. The highest BCUT2D eigenvalue weighted by atomic mass is 16.7. The number of unbranched alkanes of at least 4 members (excludes halogenated alkanes) is 14. The molecule has 2 aliphatic rings. The molecule has 2 fully saturated rings. The molecule has 7 N–H and O–H groups in total. The average Bonchev–Trinajstić information content (AvgIpc) is 3.37. The fourth-order valence-corrected chi connectivity index (χ4v) is 7.97. The van der Waals surface area contributed by atoms with Crippen LogP contribution >= 0.6 is 0 Å². The van der Waals surface area contributed by atoms with Crippen molar-refractivity contribution in [3.8, 4) is 0 Å². The first-order valence-corrected chi connectivity index (χ1v) is 27.2. The Kier molecular flexibility index (Phi) is 39.4. The molecule has 2 aliphatic heterocycles. The van der Waals surface area contributed by atoms with Crippen LogP contribution in [-0.4, -0.2) is 142 Å². The van der Waals surface area contributed by atoms with Gasteiger partial charge in [-0.1, -0.05) is 163 Å². The number of carbonyl (C=O) groups excluding carboxylic acids is 1. The topological polar surface area (TPSA) is 214 Å². The molecule has 0 amide bonds. The summed E-state index contributed by atoms with van der Waals surface area (Å²) in [5.41, 5.74) is 0. The van der Waals surface area contributed by atoms with Gasteiger partial charge in [-0.25, -0.2) is 0 Å². The molecule has 0 radical (unpaired) electrons. The number of hydrogen-bond donors (Lipinski definition) is 7. The number of ether oxygens (including phenoxy) is 6. The predicted molar refractivity (Wildman–Crippen MR) is 279 cm³/mol. The molecule has 2 rings (SSSR count). The Balaban J connectivity index is 1.73. The van der Waals surface area contributed by atoms with Crippen LogP contribution in [0.5, 0.6) is 0 Å². The van der Waals surface area contributed by atoms with Crippen molar-refractivity contribution >= 4 is 5.97 Å². The molecule has 0 aromatic heterocycles. The number of rotatable bonds is 42. The molecule has 14 nitrogen and oxygen atoms in total. The maximum atomic E-state index is 13.0. The van der Waals surface area contributed by atoms with Gasteiger partial charge in [0.25, 0.3) is 0 Å². The molecule has 0 aliphatic carbocycles. The Hall–Kier alpha value is -2.83. The van der Waals surface area contributed by atoms with Gasteiger partial charge in [-0.05, 0) is 83.5 Å². The Bertz CT molecular complexity index is 1490. The summed E-state index contributed by atoms with van der Waals surface area (Å²) < 4.78 is 34.3. The highest BCUT2D eigenvalue weighted by Gasteiger charge is 2.47. The first kappa shape index (κ1) is 64.3. The highest BCUT2D eigenvalue weighted by Crippen LogP contribution is 2.26. The number of esters is 1. The lowest BCUT2D eigenvalue weighted by molar-refractivity contribution is -0.332. The summed E-state index contributed by atoms with van der Waals surface area (Å²) in [6, 6.07) is 0. The van der Waals surface area contributed by atoms with Crippen molar-refractivity contribution < 1.29 is 69.0 Å². The van der Waals surface area contributed by atoms with E-state index in [-0.39, 0.29) is 19.6 Å². The summed E-state index contributed by atoms with van der Waals surface area (Å²) >= 11 is 0. The molecule has 11 atom stereocenters. The van der Waals surface area contributed by atoms with Crippen LogP contribution in [0.3, 0.4) is 0 Å². The van der Waals surface area contributed by atoms with E-state index in [1.807, 2.05) is 0 Å². The summed E-state index contributed by atoms with van der Waals surface area (Å²) in [6.45, 7) is 3.48. The maximum Gasteiger partial charge on any atom is 0.306 e. The molecule has 0 spiro atoms. The molecule has 0 bridgehead atoms. The molecule has 14 heteroatoms. The monoisotopic (exact) mass is 1000 g/mol. The number of aliphatic hydroxyl groups is 7. The number of hydrogen-bond acceptors (Lipinski definition) is 14. The lowest BCUT2D eigenvalue weighted by Gasteiger charge is -2.42. The minimum absolute atomic E-state index is 0.0461. The zero-order chi connectivity index (χ0) is 51.6. The Morgan fingerprint density at radius 2 is 0.915 bits per heavy atom. The summed E-state index contributed by atoms with van der Waals surface area (Å²) in [4.78, 5) is 13.0. The smallest absolute Gasteiger partial charge is 0.306 e. The fourth-order valence-electron chi connectivity index (χ4n) is 7.97. The minimum Gasteiger partial charge on any atom is -0.457 e. The van der Waals surface area contributed by atoms with E-state index < -0.39 is 86.7 Å². The lowest BCUT2D eigenvalue weighted by Crippen LogP contribution is -2.61. The van der Waals surface area contributed by atoms with Crippen molar-refractivity contribution in [3.05, 3.63) is 85.1 Å². The third-order valence-corrected chi connectivity index (χ3v) is 12.4. The molecule has 11 unspecified atom stereocenters. The van der Waals surface area contributed by atoms with E-state index in [1.165, 1.54) is 32.1 Å². The predicted octanol–water partition coefficient (Wildman–Crippen LogP) is 8.85. The van der Waals surface area contributed by atoms with Gasteiger partial charge < -0.3 is 64.2 Å². The minimum atomic E-state index is -1.71. The van der Waals surface area contributed by atoms with E-state index in [0.29, 0.717) is 13.0 Å². The van der Waals surface area contributed by atoms with Crippen LogP contribution in [0.15, 0.2) is 85.1 Å². The second-order valence-corrected chi connectivity index (χ2v) is 18.7. The van der Waals surface area contributed by atoms with Crippen molar-refractivity contribution in [1.29, 1.82) is 0 Å². The van der Waals surface area contributed by atoms with Crippen LogP contribution in [0.25, 0.3) is 0 Å². The number of carbonyl (C=O) groups is 1. The number of aliphatic hydroxyl groups excluding tert-OH is 7. The molecule has 0 saturated carbocycles. The van der Waals surface area contributed by atoms with Crippen LogP contribution in [0.2, 0.25) is 0 Å². The molecule has 408 valence electrons. The molecular formula is C57H96O14. The highest BCUT2D eigenvalue weighted by molar-refractivity contribution is 5.69. The molecule has 71 heavy (non-hydrogen) atoms. The summed E-state index contributed by atoms with van der Waals surface area (Å²) in [7, 11) is 0. The van der Waals surface area contributed by atoms with Crippen LogP contribution in [-0.2, 0) is 33.2 Å². The maximum absolute atomic E-state index is 13.0. The quantitative estimate of drug-likeness (QED) is 0.0173. The summed E-state index contributed by atoms with van der Waals surface area (Å²) in [5, 5.41) is 72.2. The van der Waals surface area contributed by atoms with Gasteiger partial charge in [-0.15, -0.1) is 0 Å². The van der Waals surface area contributed by atoms with E-state index >= 15 is 0 Å². The van der Waals surface area contributed by atoms with Crippen molar-refractivity contribution in [3.63, 3.8) is 0 Å². The zero-order valence-electron chi connectivity index (χ0n) is 43.4. The molecule has 2 saturated heterocycles. The van der Waals surface area contributed by atoms with Gasteiger partial charge in [0.05, 0.1) is 26.4 Å². The number of allylic oxidation sites excluding steroid dienone is 14. The van der Waals surface area contributed by atoms with Crippen LogP contribution in [0.4, 0.5) is 0 Å². The zero-order valence-corrected chi connectivity index (χ0v) is 43.4. The standard InChI is InChI=1S/C57H96O14/c1-3-5-7-9-11-13-15-17-18-19-20-21-22-23-24-25-26-27-28-29-30-32-34-36-38-40-49(59)69-46(43-66-41-39-37-35-33-31-16-14-12-10-8-6-4-2)44-67-56-55(65)53(63)51(61)48(71-56)45-68-57-54(64)52(62)50(60)47(42-58)70-57/h5,7,10-13,17-18,20-21,23-24,26-27,46-48,50-58,60-65H,3-4,6,8-9,14-16,19,22,25,28-45H2,1-2H3/b7-5-,12-10-,13-11-,18-17-,21-20-,24-23-,27-26-. The average molecular weight is 1010 g/mol. The normalized spacial score (nSPS) is 26.0. The van der Waals surface area contributed by atoms with E-state index in [0.717, 1.165) is 109 Å². The second kappa shape index (κ2) is 43.6. The van der Waals surface area contributed by atoms with Gasteiger partial charge >= 0.3 is 5.97 Å². The van der Waals surface area contributed by atoms with Gasteiger partial charge in [0.2, 0.25) is 0 Å². The van der Waals surface area contributed by atoms with Gasteiger partial charge in [-0.2, -0.15) is 0 Å². The van der Waals surface area contributed by atoms with Crippen molar-refractivity contribution in [2.24, 2.45) is 0 Å². The first-order chi connectivity index (χ1) is 34.6. The molecule has 0 aromatic rings. The largest absolute Gasteiger partial charge is 0.457 e. The fraction of sp³-hybridized carbons (Fsp3) is 0.737. The third-order valence-electron chi connectivity index (χ3n) is 12.4.